The van der Waals surface area contributed by atoms with Crippen molar-refractivity contribution >= 4 is 17.7 Å². The van der Waals surface area contributed by atoms with Gasteiger partial charge in [0.05, 0.1) is 6.61 Å². The molecule has 0 aromatic heterocycles. The van der Waals surface area contributed by atoms with Crippen LogP contribution >= 0.6 is 0 Å². The Morgan fingerprint density at radius 2 is 1.84 bits per heavy atom. The largest absolute Gasteiger partial charge is 0.484 e. The fourth-order valence-electron chi connectivity index (χ4n) is 2.15. The van der Waals surface area contributed by atoms with Crippen molar-refractivity contribution in [1.82, 2.24) is 4.90 Å². The second-order valence-electron chi connectivity index (χ2n) is 5.40. The van der Waals surface area contributed by atoms with Gasteiger partial charge in [-0.25, -0.2) is 4.79 Å². The van der Waals surface area contributed by atoms with Crippen LogP contribution in [0.1, 0.15) is 12.5 Å². The fourth-order valence-corrected chi connectivity index (χ4v) is 2.15. The highest BCUT2D eigenvalue weighted by atomic mass is 16.5. The Balaban J connectivity index is 1.85. The first-order valence-electron chi connectivity index (χ1n) is 8.03. The van der Waals surface area contributed by atoms with Crippen molar-refractivity contribution in [3.05, 3.63) is 60.2 Å². The molecule has 0 saturated heterocycles. The quantitative estimate of drug-likeness (QED) is 0.838. The third kappa shape index (κ3) is 6.18. The first-order chi connectivity index (χ1) is 12.1. The average Bonchev–Trinajstić information content (AvgIpc) is 2.61. The second kappa shape index (κ2) is 9.32. The van der Waals surface area contributed by atoms with Gasteiger partial charge >= 0.3 is 6.09 Å². The van der Waals surface area contributed by atoms with E-state index in [0.29, 0.717) is 24.6 Å². The number of amides is 2. The van der Waals surface area contributed by atoms with Gasteiger partial charge in [0, 0.05) is 25.3 Å². The van der Waals surface area contributed by atoms with Crippen molar-refractivity contribution in [2.24, 2.45) is 0 Å². The number of nitrogens with zero attached hydrogens (tertiary/aromatic N) is 1. The van der Waals surface area contributed by atoms with Crippen molar-refractivity contribution in [2.45, 2.75) is 13.5 Å². The molecular weight excluding hydrogens is 320 g/mol. The first kappa shape index (κ1) is 18.3. The third-order valence-corrected chi connectivity index (χ3v) is 3.41. The summed E-state index contributed by atoms with van der Waals surface area (Å²) in [4.78, 5) is 25.2. The molecule has 0 fully saturated rings. The van der Waals surface area contributed by atoms with Crippen LogP contribution in [0.25, 0.3) is 0 Å². The number of ether oxygens (including phenoxy) is 2. The van der Waals surface area contributed by atoms with Crippen LogP contribution in [-0.2, 0) is 16.1 Å². The number of anilines is 1. The molecule has 0 saturated carbocycles. The van der Waals surface area contributed by atoms with Crippen molar-refractivity contribution in [1.29, 1.82) is 0 Å². The number of carbonyl (C=O) groups excluding carboxylic acids is 2. The molecule has 2 aromatic carbocycles. The van der Waals surface area contributed by atoms with Gasteiger partial charge in [-0.05, 0) is 24.6 Å². The van der Waals surface area contributed by atoms with Crippen LogP contribution in [0.5, 0.6) is 5.75 Å². The van der Waals surface area contributed by atoms with E-state index in [9.17, 15) is 9.59 Å². The Kier molecular flexibility index (Phi) is 6.83. The third-order valence-electron chi connectivity index (χ3n) is 3.41. The van der Waals surface area contributed by atoms with Gasteiger partial charge in [-0.15, -0.1) is 0 Å². The molecule has 132 valence electrons. The predicted octanol–water partition coefficient (Wildman–Crippen LogP) is 3.29. The van der Waals surface area contributed by atoms with E-state index >= 15 is 0 Å². The molecule has 1 N–H and O–H groups in total. The topological polar surface area (TPSA) is 67.9 Å². The molecule has 0 radical (unpaired) electrons. The molecule has 0 bridgehead atoms. The molecule has 0 unspecified atom stereocenters. The van der Waals surface area contributed by atoms with Crippen LogP contribution in [0.15, 0.2) is 54.6 Å². The van der Waals surface area contributed by atoms with Crippen LogP contribution in [0.4, 0.5) is 10.5 Å². The highest BCUT2D eigenvalue weighted by Crippen LogP contribution is 2.17. The van der Waals surface area contributed by atoms with Crippen molar-refractivity contribution in [2.75, 3.05) is 25.6 Å². The van der Waals surface area contributed by atoms with Crippen molar-refractivity contribution in [3.63, 3.8) is 0 Å². The normalized spacial score (nSPS) is 10.0. The summed E-state index contributed by atoms with van der Waals surface area (Å²) >= 11 is 0. The molecule has 0 spiro atoms. The van der Waals surface area contributed by atoms with Gasteiger partial charge in [-0.3, -0.25) is 10.1 Å². The summed E-state index contributed by atoms with van der Waals surface area (Å²) in [5, 5.41) is 2.59. The minimum absolute atomic E-state index is 0.0772. The molecule has 0 atom stereocenters. The number of likely N-dealkylation sites (N-methyl/N-ethyl adjacent to an activating group) is 1. The number of nitrogens with one attached hydrogen (secondary N) is 1. The highest BCUT2D eigenvalue weighted by molar-refractivity contribution is 5.84. The monoisotopic (exact) mass is 342 g/mol. The Morgan fingerprint density at radius 3 is 2.56 bits per heavy atom. The molecular formula is C19H22N2O4. The first-order valence-corrected chi connectivity index (χ1v) is 8.03. The fraction of sp³-hybridized carbons (Fsp3) is 0.263. The van der Waals surface area contributed by atoms with E-state index < -0.39 is 6.09 Å². The minimum atomic E-state index is -0.529. The van der Waals surface area contributed by atoms with Gasteiger partial charge in [0.25, 0.3) is 5.91 Å². The molecule has 6 nitrogen and oxygen atoms in total. The minimum Gasteiger partial charge on any atom is -0.484 e. The molecule has 25 heavy (non-hydrogen) atoms. The SMILES string of the molecule is CCOC(=O)Nc1cccc(OCC(=O)N(C)Cc2ccccc2)c1. The van der Waals surface area contributed by atoms with Gasteiger partial charge in [0.15, 0.2) is 6.61 Å². The van der Waals surface area contributed by atoms with Crippen LogP contribution in [0.3, 0.4) is 0 Å². The smallest absolute Gasteiger partial charge is 0.411 e. The summed E-state index contributed by atoms with van der Waals surface area (Å²) in [6, 6.07) is 16.6. The van der Waals surface area contributed by atoms with E-state index in [0.717, 1.165) is 5.56 Å². The van der Waals surface area contributed by atoms with Crippen molar-refractivity contribution < 1.29 is 19.1 Å². The Labute approximate surface area is 147 Å². The maximum absolute atomic E-state index is 12.2. The number of benzene rings is 2. The molecule has 0 aliphatic carbocycles. The van der Waals surface area contributed by atoms with Crippen LogP contribution < -0.4 is 10.1 Å². The lowest BCUT2D eigenvalue weighted by Gasteiger charge is -2.17. The van der Waals surface area contributed by atoms with Gasteiger partial charge in [0.1, 0.15) is 5.75 Å². The average molecular weight is 342 g/mol. The Hall–Kier alpha value is -3.02. The molecule has 0 heterocycles. The molecule has 2 amide bonds. The van der Waals surface area contributed by atoms with E-state index in [1.54, 1.807) is 43.1 Å². The van der Waals surface area contributed by atoms with E-state index in [1.165, 1.54) is 0 Å². The van der Waals surface area contributed by atoms with Crippen LogP contribution in [-0.4, -0.2) is 37.2 Å². The number of hydrogen-bond acceptors (Lipinski definition) is 4. The summed E-state index contributed by atoms with van der Waals surface area (Å²) in [7, 11) is 1.73. The zero-order valence-corrected chi connectivity index (χ0v) is 14.4. The number of hydrogen-bond donors (Lipinski definition) is 1. The zero-order valence-electron chi connectivity index (χ0n) is 14.4. The molecule has 2 rings (SSSR count). The highest BCUT2D eigenvalue weighted by Gasteiger charge is 2.10. The lowest BCUT2D eigenvalue weighted by atomic mass is 10.2. The van der Waals surface area contributed by atoms with Gasteiger partial charge in [-0.1, -0.05) is 36.4 Å². The van der Waals surface area contributed by atoms with Gasteiger partial charge < -0.3 is 14.4 Å². The predicted molar refractivity (Wildman–Crippen MR) is 95.5 cm³/mol. The standard InChI is InChI=1S/C19H22N2O4/c1-3-24-19(23)20-16-10-7-11-17(12-16)25-14-18(22)21(2)13-15-8-5-4-6-9-15/h4-12H,3,13-14H2,1-2H3,(H,20,23). The lowest BCUT2D eigenvalue weighted by Crippen LogP contribution is -2.30. The van der Waals surface area contributed by atoms with Gasteiger partial charge in [-0.2, -0.15) is 0 Å². The maximum atomic E-state index is 12.2. The molecule has 0 aliphatic heterocycles. The summed E-state index contributed by atoms with van der Waals surface area (Å²) in [6.45, 7) is 2.47. The molecule has 6 heteroatoms. The number of carbonyl (C=O) groups is 2. The van der Waals surface area contributed by atoms with Crippen LogP contribution in [0, 0.1) is 0 Å². The van der Waals surface area contributed by atoms with E-state index in [-0.39, 0.29) is 12.5 Å². The van der Waals surface area contributed by atoms with Gasteiger partial charge in [0.2, 0.25) is 0 Å². The summed E-state index contributed by atoms with van der Waals surface area (Å²) in [6.07, 6.45) is -0.529. The summed E-state index contributed by atoms with van der Waals surface area (Å²) < 4.78 is 10.3. The summed E-state index contributed by atoms with van der Waals surface area (Å²) in [5.41, 5.74) is 1.60. The Bertz CT molecular complexity index is 704. The molecule has 2 aromatic rings. The maximum Gasteiger partial charge on any atom is 0.411 e. The van der Waals surface area contributed by atoms with E-state index in [4.69, 9.17) is 9.47 Å². The van der Waals surface area contributed by atoms with Crippen LogP contribution in [0.2, 0.25) is 0 Å². The van der Waals surface area contributed by atoms with Crippen molar-refractivity contribution in [3.8, 4) is 5.75 Å². The Morgan fingerprint density at radius 1 is 1.08 bits per heavy atom. The number of rotatable bonds is 7. The zero-order chi connectivity index (χ0) is 18.1. The lowest BCUT2D eigenvalue weighted by molar-refractivity contribution is -0.132. The summed E-state index contributed by atoms with van der Waals surface area (Å²) in [5.74, 6) is 0.364. The second-order valence-corrected chi connectivity index (χ2v) is 5.40. The van der Waals surface area contributed by atoms with E-state index in [1.807, 2.05) is 30.3 Å². The van der Waals surface area contributed by atoms with E-state index in [2.05, 4.69) is 5.32 Å². The molecule has 0 aliphatic rings.